The molecule has 0 aromatic carbocycles. The molecule has 0 unspecified atom stereocenters. The quantitative estimate of drug-likeness (QED) is 0.491. The predicted molar refractivity (Wildman–Crippen MR) is 30.1 cm³/mol. The molecule has 0 spiro atoms. The first kappa shape index (κ1) is 7.43. The van der Waals surface area contributed by atoms with Crippen molar-refractivity contribution in [2.24, 2.45) is 0 Å². The molecule has 0 rings (SSSR count). The molecule has 8 heavy (non-hydrogen) atoms. The van der Waals surface area contributed by atoms with Gasteiger partial charge in [0.05, 0.1) is 0 Å². The SMILES string of the molecule is CCN(C)OC(C)=O. The molecular weight excluding hydrogens is 106 g/mol. The van der Waals surface area contributed by atoms with E-state index in [1.54, 1.807) is 7.05 Å². The maximum Gasteiger partial charge on any atom is 0.322 e. The fraction of sp³-hybridized carbons (Fsp3) is 0.800. The monoisotopic (exact) mass is 117 g/mol. The lowest BCUT2D eigenvalue weighted by molar-refractivity contribution is -0.180. The number of nitrogens with zero attached hydrogens (tertiary/aromatic N) is 1. The van der Waals surface area contributed by atoms with Crippen molar-refractivity contribution in [1.82, 2.24) is 5.06 Å². The molecule has 0 fully saturated rings. The van der Waals surface area contributed by atoms with Crippen LogP contribution in [0, 0.1) is 0 Å². The van der Waals surface area contributed by atoms with Crippen LogP contribution in [0.1, 0.15) is 13.8 Å². The van der Waals surface area contributed by atoms with Gasteiger partial charge in [-0.05, 0) is 6.92 Å². The molecule has 0 aromatic rings. The van der Waals surface area contributed by atoms with Crippen molar-refractivity contribution in [2.75, 3.05) is 13.6 Å². The normalized spacial score (nSPS) is 9.50. The zero-order chi connectivity index (χ0) is 6.57. The fourth-order valence-electron chi connectivity index (χ4n) is 0.284. The van der Waals surface area contributed by atoms with Gasteiger partial charge in [0.1, 0.15) is 0 Å². The van der Waals surface area contributed by atoms with E-state index in [0.717, 1.165) is 6.54 Å². The third-order valence-corrected chi connectivity index (χ3v) is 0.730. The van der Waals surface area contributed by atoms with Crippen LogP contribution >= 0.6 is 0 Å². The van der Waals surface area contributed by atoms with E-state index in [2.05, 4.69) is 4.84 Å². The maximum atomic E-state index is 10.1. The molecule has 0 aliphatic rings. The molecule has 0 amide bonds. The second kappa shape index (κ2) is 3.43. The summed E-state index contributed by atoms with van der Waals surface area (Å²) in [4.78, 5) is 14.7. The number of carbonyl (C=O) groups excluding carboxylic acids is 1. The van der Waals surface area contributed by atoms with Crippen LogP contribution in [-0.2, 0) is 9.63 Å². The highest BCUT2D eigenvalue weighted by Gasteiger charge is 1.95. The number of hydroxylamine groups is 2. The molecule has 0 aromatic heterocycles. The first-order chi connectivity index (χ1) is 3.66. The number of hydrogen-bond donors (Lipinski definition) is 0. The average Bonchev–Trinajstić information content (AvgIpc) is 1.65. The Hall–Kier alpha value is -0.570. The van der Waals surface area contributed by atoms with E-state index < -0.39 is 0 Å². The van der Waals surface area contributed by atoms with E-state index in [1.807, 2.05) is 6.92 Å². The van der Waals surface area contributed by atoms with Gasteiger partial charge in [-0.25, -0.2) is 0 Å². The Kier molecular flexibility index (Phi) is 3.19. The summed E-state index contributed by atoms with van der Waals surface area (Å²) < 4.78 is 0. The third-order valence-electron chi connectivity index (χ3n) is 0.730. The Morgan fingerprint density at radius 2 is 2.25 bits per heavy atom. The Morgan fingerprint density at radius 1 is 1.75 bits per heavy atom. The van der Waals surface area contributed by atoms with Gasteiger partial charge in [-0.15, -0.1) is 5.06 Å². The molecular formula is C5H11NO2. The first-order valence-electron chi connectivity index (χ1n) is 2.56. The van der Waals surface area contributed by atoms with Crippen LogP contribution in [-0.4, -0.2) is 24.6 Å². The highest BCUT2D eigenvalue weighted by molar-refractivity contribution is 5.65. The summed E-state index contributed by atoms with van der Waals surface area (Å²) in [7, 11) is 1.71. The molecule has 3 heteroatoms. The van der Waals surface area contributed by atoms with Crippen molar-refractivity contribution in [2.45, 2.75) is 13.8 Å². The van der Waals surface area contributed by atoms with Gasteiger partial charge in [-0.3, -0.25) is 4.79 Å². The summed E-state index contributed by atoms with van der Waals surface area (Å²) in [6.07, 6.45) is 0. The molecule has 0 saturated carbocycles. The Labute approximate surface area is 49.2 Å². The van der Waals surface area contributed by atoms with Gasteiger partial charge in [-0.1, -0.05) is 0 Å². The van der Waals surface area contributed by atoms with Gasteiger partial charge in [0, 0.05) is 20.5 Å². The Balaban J connectivity index is 3.24. The molecule has 0 bridgehead atoms. The number of hydrogen-bond acceptors (Lipinski definition) is 3. The summed E-state index contributed by atoms with van der Waals surface area (Å²) in [5.41, 5.74) is 0. The third kappa shape index (κ3) is 3.61. The molecule has 0 aliphatic heterocycles. The van der Waals surface area contributed by atoms with Crippen molar-refractivity contribution < 1.29 is 9.63 Å². The minimum absolute atomic E-state index is 0.269. The minimum Gasteiger partial charge on any atom is -0.369 e. The molecule has 0 radical (unpaired) electrons. The van der Waals surface area contributed by atoms with Gasteiger partial charge in [0.25, 0.3) is 0 Å². The van der Waals surface area contributed by atoms with E-state index in [1.165, 1.54) is 12.0 Å². The number of carbonyl (C=O) groups is 1. The van der Waals surface area contributed by atoms with Crippen LogP contribution in [0.5, 0.6) is 0 Å². The van der Waals surface area contributed by atoms with E-state index in [4.69, 9.17) is 0 Å². The van der Waals surface area contributed by atoms with Crippen molar-refractivity contribution in [1.29, 1.82) is 0 Å². The van der Waals surface area contributed by atoms with Crippen molar-refractivity contribution in [3.05, 3.63) is 0 Å². The average molecular weight is 117 g/mol. The Bertz CT molecular complexity index is 82.5. The molecule has 48 valence electrons. The smallest absolute Gasteiger partial charge is 0.322 e. The van der Waals surface area contributed by atoms with Crippen molar-refractivity contribution >= 4 is 5.97 Å². The van der Waals surface area contributed by atoms with Gasteiger partial charge in [0.2, 0.25) is 0 Å². The zero-order valence-electron chi connectivity index (χ0n) is 5.47. The zero-order valence-corrected chi connectivity index (χ0v) is 5.47. The second-order valence-electron chi connectivity index (χ2n) is 1.53. The van der Waals surface area contributed by atoms with Crippen LogP contribution in [0.4, 0.5) is 0 Å². The number of rotatable bonds is 2. The lowest BCUT2D eigenvalue weighted by Crippen LogP contribution is -2.20. The fourth-order valence-corrected chi connectivity index (χ4v) is 0.284. The van der Waals surface area contributed by atoms with E-state index in [9.17, 15) is 4.79 Å². The van der Waals surface area contributed by atoms with Gasteiger partial charge in [0.15, 0.2) is 0 Å². The van der Waals surface area contributed by atoms with E-state index in [-0.39, 0.29) is 5.97 Å². The largest absolute Gasteiger partial charge is 0.369 e. The summed E-state index contributed by atoms with van der Waals surface area (Å²) in [6, 6.07) is 0. The van der Waals surface area contributed by atoms with Crippen molar-refractivity contribution in [3.8, 4) is 0 Å². The molecule has 3 nitrogen and oxygen atoms in total. The summed E-state index contributed by atoms with van der Waals surface area (Å²) in [5, 5.41) is 1.47. The van der Waals surface area contributed by atoms with Crippen LogP contribution < -0.4 is 0 Å². The molecule has 0 heterocycles. The Morgan fingerprint density at radius 3 is 2.38 bits per heavy atom. The van der Waals surface area contributed by atoms with Crippen LogP contribution in [0.15, 0.2) is 0 Å². The topological polar surface area (TPSA) is 29.5 Å². The van der Waals surface area contributed by atoms with Gasteiger partial charge < -0.3 is 4.84 Å². The first-order valence-corrected chi connectivity index (χ1v) is 2.56. The van der Waals surface area contributed by atoms with Crippen LogP contribution in [0.25, 0.3) is 0 Å². The summed E-state index contributed by atoms with van der Waals surface area (Å²) >= 11 is 0. The molecule has 0 saturated heterocycles. The van der Waals surface area contributed by atoms with Crippen LogP contribution in [0.3, 0.4) is 0 Å². The highest BCUT2D eigenvalue weighted by atomic mass is 16.7. The molecule has 0 N–H and O–H groups in total. The van der Waals surface area contributed by atoms with Crippen LogP contribution in [0.2, 0.25) is 0 Å². The summed E-state index contributed by atoms with van der Waals surface area (Å²) in [5.74, 6) is -0.269. The summed E-state index contributed by atoms with van der Waals surface area (Å²) in [6.45, 7) is 4.01. The highest BCUT2D eigenvalue weighted by Crippen LogP contribution is 1.82. The molecule has 0 aliphatic carbocycles. The standard InChI is InChI=1S/C5H11NO2/c1-4-6(3)8-5(2)7/h4H2,1-3H3. The second-order valence-corrected chi connectivity index (χ2v) is 1.53. The van der Waals surface area contributed by atoms with Gasteiger partial charge in [-0.2, -0.15) is 0 Å². The van der Waals surface area contributed by atoms with E-state index in [0.29, 0.717) is 0 Å². The molecule has 0 atom stereocenters. The lowest BCUT2D eigenvalue weighted by Gasteiger charge is -2.10. The van der Waals surface area contributed by atoms with Crippen molar-refractivity contribution in [3.63, 3.8) is 0 Å². The van der Waals surface area contributed by atoms with Gasteiger partial charge >= 0.3 is 5.97 Å². The maximum absolute atomic E-state index is 10.1. The minimum atomic E-state index is -0.269. The van der Waals surface area contributed by atoms with E-state index >= 15 is 0 Å². The lowest BCUT2D eigenvalue weighted by atomic mass is 10.7. The predicted octanol–water partition coefficient (Wildman–Crippen LogP) is 0.416.